The van der Waals surface area contributed by atoms with Gasteiger partial charge < -0.3 is 0 Å². The summed E-state index contributed by atoms with van der Waals surface area (Å²) in [7, 11) is 0. The van der Waals surface area contributed by atoms with Crippen molar-refractivity contribution in [2.75, 3.05) is 6.54 Å². The third-order valence-electron chi connectivity index (χ3n) is 4.58. The third-order valence-corrected chi connectivity index (χ3v) is 5.60. The molecule has 4 rings (SSSR count). The number of hydrogen-bond donors (Lipinski definition) is 0. The molecule has 0 fully saturated rings. The van der Waals surface area contributed by atoms with E-state index in [-0.39, 0.29) is 6.04 Å². The van der Waals surface area contributed by atoms with E-state index in [9.17, 15) is 8.78 Å². The van der Waals surface area contributed by atoms with E-state index in [4.69, 9.17) is 0 Å². The fourth-order valence-corrected chi connectivity index (χ4v) is 4.22. The quantitative estimate of drug-likeness (QED) is 0.698. The molecule has 0 saturated heterocycles. The van der Waals surface area contributed by atoms with Gasteiger partial charge in [0.25, 0.3) is 0 Å². The number of imidazole rings is 1. The Bertz CT molecular complexity index is 839. The van der Waals surface area contributed by atoms with Crippen LogP contribution >= 0.6 is 11.3 Å². The first kappa shape index (κ1) is 14.8. The molecule has 3 heterocycles. The summed E-state index contributed by atoms with van der Waals surface area (Å²) in [4.78, 5) is 8.14. The molecule has 2 aromatic heterocycles. The van der Waals surface area contributed by atoms with Gasteiger partial charge in [-0.15, -0.1) is 11.3 Å². The maximum Gasteiger partial charge on any atom is 0.320 e. The molecule has 120 valence electrons. The minimum atomic E-state index is -2.58. The van der Waals surface area contributed by atoms with Gasteiger partial charge in [-0.1, -0.05) is 12.1 Å². The highest BCUT2D eigenvalue weighted by Crippen LogP contribution is 2.33. The second-order valence-corrected chi connectivity index (χ2v) is 6.87. The van der Waals surface area contributed by atoms with E-state index in [1.165, 1.54) is 10.4 Å². The summed E-state index contributed by atoms with van der Waals surface area (Å²) in [5, 5.41) is 2.10. The monoisotopic (exact) mass is 333 g/mol. The Balaban J connectivity index is 1.73. The van der Waals surface area contributed by atoms with Crippen molar-refractivity contribution in [2.24, 2.45) is 0 Å². The normalized spacial score (nSPS) is 16.9. The summed E-state index contributed by atoms with van der Waals surface area (Å²) in [6, 6.07) is 9.09. The Morgan fingerprint density at radius 1 is 1.22 bits per heavy atom. The van der Waals surface area contributed by atoms with Crippen molar-refractivity contribution in [2.45, 2.75) is 32.5 Å². The standard InChI is InChI=1S/C17H17F2N3S/c1-11(21-8-6-15-12(10-21)7-9-23-15)16-20-13-4-2-3-5-14(13)22(16)17(18)19/h2-5,7,9,11,17H,6,8,10H2,1H3. The first-order valence-electron chi connectivity index (χ1n) is 7.69. The van der Waals surface area contributed by atoms with E-state index in [0.717, 1.165) is 24.1 Å². The molecule has 3 aromatic rings. The number of para-hydroxylation sites is 2. The maximum atomic E-state index is 13.6. The van der Waals surface area contributed by atoms with Crippen molar-refractivity contribution in [3.63, 3.8) is 0 Å². The van der Waals surface area contributed by atoms with Crippen LogP contribution in [0.1, 0.15) is 35.8 Å². The van der Waals surface area contributed by atoms with Crippen molar-refractivity contribution in [1.82, 2.24) is 14.5 Å². The molecule has 0 N–H and O–H groups in total. The van der Waals surface area contributed by atoms with Gasteiger partial charge in [-0.05, 0) is 42.5 Å². The van der Waals surface area contributed by atoms with Gasteiger partial charge in [-0.3, -0.25) is 9.47 Å². The zero-order valence-electron chi connectivity index (χ0n) is 12.7. The van der Waals surface area contributed by atoms with Crippen molar-refractivity contribution in [1.29, 1.82) is 0 Å². The molecule has 0 amide bonds. The van der Waals surface area contributed by atoms with Crippen LogP contribution in [0.4, 0.5) is 8.78 Å². The summed E-state index contributed by atoms with van der Waals surface area (Å²) < 4.78 is 28.3. The van der Waals surface area contributed by atoms with E-state index in [1.54, 1.807) is 29.5 Å². The zero-order chi connectivity index (χ0) is 16.0. The molecular weight excluding hydrogens is 316 g/mol. The van der Waals surface area contributed by atoms with Crippen molar-refractivity contribution >= 4 is 22.4 Å². The minimum Gasteiger partial charge on any atom is -0.289 e. The van der Waals surface area contributed by atoms with Crippen LogP contribution in [-0.2, 0) is 13.0 Å². The third kappa shape index (κ3) is 2.46. The Morgan fingerprint density at radius 2 is 2.04 bits per heavy atom. The lowest BCUT2D eigenvalue weighted by Crippen LogP contribution is -2.33. The summed E-state index contributed by atoms with van der Waals surface area (Å²) in [6.07, 6.45) is 0.978. The van der Waals surface area contributed by atoms with Crippen LogP contribution in [0.25, 0.3) is 11.0 Å². The Hall–Kier alpha value is -1.79. The molecule has 0 spiro atoms. The van der Waals surface area contributed by atoms with Gasteiger partial charge in [0, 0.05) is 18.0 Å². The fourth-order valence-electron chi connectivity index (χ4n) is 3.33. The molecule has 0 aliphatic carbocycles. The van der Waals surface area contributed by atoms with Gasteiger partial charge in [0.1, 0.15) is 5.82 Å². The Morgan fingerprint density at radius 3 is 2.87 bits per heavy atom. The molecule has 0 bridgehead atoms. The average molecular weight is 333 g/mol. The topological polar surface area (TPSA) is 21.1 Å². The minimum absolute atomic E-state index is 0.149. The van der Waals surface area contributed by atoms with Gasteiger partial charge in [0.2, 0.25) is 0 Å². The van der Waals surface area contributed by atoms with Gasteiger partial charge in [-0.25, -0.2) is 4.98 Å². The lowest BCUT2D eigenvalue weighted by molar-refractivity contribution is 0.0636. The lowest BCUT2D eigenvalue weighted by Gasteiger charge is -2.32. The first-order chi connectivity index (χ1) is 11.1. The molecule has 0 radical (unpaired) electrons. The number of alkyl halides is 2. The predicted molar refractivity (Wildman–Crippen MR) is 87.8 cm³/mol. The summed E-state index contributed by atoms with van der Waals surface area (Å²) in [5.41, 5.74) is 2.44. The maximum absolute atomic E-state index is 13.6. The molecule has 1 atom stereocenters. The SMILES string of the molecule is CC(c1nc2ccccc2n1C(F)F)N1CCc2sccc2C1. The number of aromatic nitrogens is 2. The van der Waals surface area contributed by atoms with Gasteiger partial charge in [0.15, 0.2) is 0 Å². The van der Waals surface area contributed by atoms with Gasteiger partial charge in [0.05, 0.1) is 17.1 Å². The largest absolute Gasteiger partial charge is 0.320 e. The number of hydrogen-bond acceptors (Lipinski definition) is 3. The number of nitrogens with zero attached hydrogens (tertiary/aromatic N) is 3. The highest BCUT2D eigenvalue weighted by Gasteiger charge is 2.28. The molecule has 0 saturated carbocycles. The van der Waals surface area contributed by atoms with Crippen LogP contribution in [0.15, 0.2) is 35.7 Å². The summed E-state index contributed by atoms with van der Waals surface area (Å²) in [6.45, 7) is 1.06. The highest BCUT2D eigenvalue weighted by molar-refractivity contribution is 7.10. The summed E-state index contributed by atoms with van der Waals surface area (Å²) in [5.74, 6) is 0.444. The predicted octanol–water partition coefficient (Wildman–Crippen LogP) is 4.61. The second kappa shape index (κ2) is 5.69. The van der Waals surface area contributed by atoms with E-state index in [1.807, 2.05) is 13.0 Å². The van der Waals surface area contributed by atoms with E-state index in [2.05, 4.69) is 21.3 Å². The highest BCUT2D eigenvalue weighted by atomic mass is 32.1. The van der Waals surface area contributed by atoms with Crippen LogP contribution < -0.4 is 0 Å². The molecule has 1 aliphatic rings. The van der Waals surface area contributed by atoms with Crippen LogP contribution in [0.3, 0.4) is 0 Å². The van der Waals surface area contributed by atoms with Crippen molar-refractivity contribution < 1.29 is 8.78 Å². The second-order valence-electron chi connectivity index (χ2n) is 5.87. The summed E-state index contributed by atoms with van der Waals surface area (Å²) >= 11 is 1.78. The first-order valence-corrected chi connectivity index (χ1v) is 8.57. The number of halogens is 2. The van der Waals surface area contributed by atoms with E-state index in [0.29, 0.717) is 16.9 Å². The Labute approximate surface area is 137 Å². The van der Waals surface area contributed by atoms with Crippen LogP contribution in [0, 0.1) is 0 Å². The smallest absolute Gasteiger partial charge is 0.289 e. The van der Waals surface area contributed by atoms with E-state index < -0.39 is 6.55 Å². The number of fused-ring (bicyclic) bond motifs is 2. The van der Waals surface area contributed by atoms with Gasteiger partial charge in [-0.2, -0.15) is 8.78 Å². The molecule has 23 heavy (non-hydrogen) atoms. The zero-order valence-corrected chi connectivity index (χ0v) is 13.6. The number of rotatable bonds is 3. The molecule has 1 aromatic carbocycles. The molecule has 3 nitrogen and oxygen atoms in total. The number of benzene rings is 1. The van der Waals surface area contributed by atoms with Crippen molar-refractivity contribution in [3.05, 3.63) is 52.0 Å². The molecule has 6 heteroatoms. The average Bonchev–Trinajstić information content (AvgIpc) is 3.17. The van der Waals surface area contributed by atoms with Crippen LogP contribution in [0.2, 0.25) is 0 Å². The van der Waals surface area contributed by atoms with Crippen LogP contribution in [-0.4, -0.2) is 21.0 Å². The van der Waals surface area contributed by atoms with Crippen LogP contribution in [0.5, 0.6) is 0 Å². The van der Waals surface area contributed by atoms with Crippen molar-refractivity contribution in [3.8, 4) is 0 Å². The van der Waals surface area contributed by atoms with E-state index >= 15 is 0 Å². The molecular formula is C17H17F2N3S. The molecule has 1 aliphatic heterocycles. The molecule has 1 unspecified atom stereocenters. The fraction of sp³-hybridized carbons (Fsp3) is 0.353. The van der Waals surface area contributed by atoms with Gasteiger partial charge >= 0.3 is 6.55 Å². The number of thiophene rings is 1. The Kier molecular flexibility index (Phi) is 3.66. The lowest BCUT2D eigenvalue weighted by atomic mass is 10.1.